The predicted octanol–water partition coefficient (Wildman–Crippen LogP) is 3.27. The maximum Gasteiger partial charge on any atom is 0.226 e. The topological polar surface area (TPSA) is 55.6 Å². The molecule has 0 aromatic heterocycles. The van der Waals surface area contributed by atoms with Crippen molar-refractivity contribution in [3.63, 3.8) is 0 Å². The molecule has 24 heavy (non-hydrogen) atoms. The molecule has 4 nitrogen and oxygen atoms in total. The first-order valence-electron chi connectivity index (χ1n) is 8.70. The summed E-state index contributed by atoms with van der Waals surface area (Å²) in [6.07, 6.45) is 2.50. The minimum atomic E-state index is 0. The summed E-state index contributed by atoms with van der Waals surface area (Å²) in [5.41, 5.74) is 7.00. The Hall–Kier alpha value is -1.26. The van der Waals surface area contributed by atoms with Crippen LogP contribution >= 0.6 is 12.4 Å². The molecule has 0 radical (unpaired) electrons. The van der Waals surface area contributed by atoms with E-state index in [1.807, 2.05) is 29.2 Å². The lowest BCUT2D eigenvalue weighted by molar-refractivity contribution is -0.131. The van der Waals surface area contributed by atoms with E-state index in [2.05, 4.69) is 20.8 Å². The van der Waals surface area contributed by atoms with E-state index in [1.54, 1.807) is 0 Å². The number of nitrogens with zero attached hydrogens (tertiary/aromatic N) is 1. The van der Waals surface area contributed by atoms with Crippen LogP contribution in [0.15, 0.2) is 24.3 Å². The number of piperidine rings is 1. The number of rotatable bonds is 6. The third kappa shape index (κ3) is 6.33. The molecule has 1 atom stereocenters. The van der Waals surface area contributed by atoms with Crippen molar-refractivity contribution in [2.24, 2.45) is 17.6 Å². The van der Waals surface area contributed by atoms with Crippen LogP contribution in [0.1, 0.15) is 39.2 Å². The van der Waals surface area contributed by atoms with Crippen LogP contribution in [0.25, 0.3) is 0 Å². The first-order valence-corrected chi connectivity index (χ1v) is 8.70. The van der Waals surface area contributed by atoms with Crippen molar-refractivity contribution in [3.8, 4) is 5.75 Å². The molecule has 1 saturated heterocycles. The van der Waals surface area contributed by atoms with Gasteiger partial charge in [0, 0.05) is 19.1 Å². The molecule has 1 aromatic rings. The van der Waals surface area contributed by atoms with E-state index >= 15 is 0 Å². The van der Waals surface area contributed by atoms with Crippen LogP contribution in [0.5, 0.6) is 5.75 Å². The molecular weight excluding hydrogens is 324 g/mol. The summed E-state index contributed by atoms with van der Waals surface area (Å²) in [6.45, 7) is 8.70. The van der Waals surface area contributed by atoms with Crippen LogP contribution in [0.3, 0.4) is 0 Å². The molecule has 1 aliphatic heterocycles. The average Bonchev–Trinajstić information content (AvgIpc) is 2.54. The normalized spacial score (nSPS) is 16.6. The fraction of sp³-hybridized carbons (Fsp3) is 0.632. The van der Waals surface area contributed by atoms with E-state index < -0.39 is 0 Å². The van der Waals surface area contributed by atoms with Gasteiger partial charge >= 0.3 is 0 Å². The molecule has 0 aliphatic carbocycles. The van der Waals surface area contributed by atoms with Crippen molar-refractivity contribution in [2.75, 3.05) is 19.7 Å². The monoisotopic (exact) mass is 354 g/mol. The summed E-state index contributed by atoms with van der Waals surface area (Å²) in [6, 6.07) is 8.11. The molecule has 0 spiro atoms. The quantitative estimate of drug-likeness (QED) is 0.853. The van der Waals surface area contributed by atoms with Crippen molar-refractivity contribution in [1.82, 2.24) is 4.90 Å². The van der Waals surface area contributed by atoms with Crippen LogP contribution in [-0.2, 0) is 11.2 Å². The number of benzene rings is 1. The van der Waals surface area contributed by atoms with Gasteiger partial charge in [-0.15, -0.1) is 12.4 Å². The van der Waals surface area contributed by atoms with Gasteiger partial charge in [-0.05, 0) is 49.3 Å². The van der Waals surface area contributed by atoms with E-state index in [9.17, 15) is 4.79 Å². The van der Waals surface area contributed by atoms with Gasteiger partial charge in [-0.3, -0.25) is 4.79 Å². The van der Waals surface area contributed by atoms with Crippen molar-refractivity contribution < 1.29 is 9.53 Å². The van der Waals surface area contributed by atoms with E-state index in [-0.39, 0.29) is 24.4 Å². The van der Waals surface area contributed by atoms with Crippen LogP contribution in [-0.4, -0.2) is 36.5 Å². The van der Waals surface area contributed by atoms with Crippen LogP contribution < -0.4 is 10.5 Å². The van der Waals surface area contributed by atoms with Gasteiger partial charge in [0.2, 0.25) is 5.91 Å². The van der Waals surface area contributed by atoms with Crippen LogP contribution in [0.4, 0.5) is 0 Å². The zero-order chi connectivity index (χ0) is 16.8. The summed E-state index contributed by atoms with van der Waals surface area (Å²) in [7, 11) is 0. The zero-order valence-corrected chi connectivity index (χ0v) is 15.8. The number of hydrogen-bond donors (Lipinski definition) is 1. The van der Waals surface area contributed by atoms with Gasteiger partial charge in [-0.1, -0.05) is 26.0 Å². The highest BCUT2D eigenvalue weighted by atomic mass is 35.5. The van der Waals surface area contributed by atoms with Crippen molar-refractivity contribution in [2.45, 2.75) is 46.1 Å². The molecule has 2 rings (SSSR count). The minimum Gasteiger partial charge on any atom is -0.493 e. The number of carbonyl (C=O) groups excluding carboxylic acids is 1. The number of nitrogens with two attached hydrogens (primary N) is 1. The lowest BCUT2D eigenvalue weighted by atomic mass is 9.91. The second kappa shape index (κ2) is 9.90. The SMILES string of the molecule is CC(C)COc1ccc(CC(=O)N2CCC(C(C)N)CC2)cc1.Cl. The molecule has 5 heteroatoms. The van der Waals surface area contributed by atoms with Gasteiger partial charge in [-0.2, -0.15) is 0 Å². The highest BCUT2D eigenvalue weighted by molar-refractivity contribution is 5.85. The third-order valence-corrected chi connectivity index (χ3v) is 4.50. The number of likely N-dealkylation sites (tertiary alicyclic amines) is 1. The lowest BCUT2D eigenvalue weighted by Gasteiger charge is -2.33. The summed E-state index contributed by atoms with van der Waals surface area (Å²) >= 11 is 0. The Bertz CT molecular complexity index is 495. The molecule has 1 heterocycles. The van der Waals surface area contributed by atoms with Gasteiger partial charge < -0.3 is 15.4 Å². The number of ether oxygens (including phenoxy) is 1. The van der Waals surface area contributed by atoms with Crippen molar-refractivity contribution in [3.05, 3.63) is 29.8 Å². The smallest absolute Gasteiger partial charge is 0.226 e. The molecule has 0 bridgehead atoms. The van der Waals surface area contributed by atoms with Gasteiger partial charge in [0.15, 0.2) is 0 Å². The molecule has 136 valence electrons. The first-order chi connectivity index (χ1) is 11.0. The Morgan fingerprint density at radius 3 is 2.29 bits per heavy atom. The van der Waals surface area contributed by atoms with E-state index in [4.69, 9.17) is 10.5 Å². The van der Waals surface area contributed by atoms with Crippen LogP contribution in [0.2, 0.25) is 0 Å². The molecule has 1 unspecified atom stereocenters. The molecule has 0 saturated carbocycles. The Balaban J connectivity index is 0.00000288. The second-order valence-electron chi connectivity index (χ2n) is 7.10. The number of halogens is 1. The summed E-state index contributed by atoms with van der Waals surface area (Å²) < 4.78 is 5.67. The zero-order valence-electron chi connectivity index (χ0n) is 15.0. The molecule has 1 aliphatic rings. The fourth-order valence-electron chi connectivity index (χ4n) is 2.93. The summed E-state index contributed by atoms with van der Waals surface area (Å²) in [5.74, 6) is 2.14. The number of carbonyl (C=O) groups is 1. The average molecular weight is 355 g/mol. The van der Waals surface area contributed by atoms with E-state index in [0.717, 1.165) is 37.2 Å². The predicted molar refractivity (Wildman–Crippen MR) is 101 cm³/mol. The Kier molecular flexibility index (Phi) is 8.57. The van der Waals surface area contributed by atoms with Crippen molar-refractivity contribution in [1.29, 1.82) is 0 Å². The van der Waals surface area contributed by atoms with Gasteiger partial charge in [0.1, 0.15) is 5.75 Å². The highest BCUT2D eigenvalue weighted by Gasteiger charge is 2.24. The Morgan fingerprint density at radius 2 is 1.79 bits per heavy atom. The Morgan fingerprint density at radius 1 is 1.21 bits per heavy atom. The minimum absolute atomic E-state index is 0. The van der Waals surface area contributed by atoms with E-state index in [0.29, 0.717) is 24.9 Å². The highest BCUT2D eigenvalue weighted by Crippen LogP contribution is 2.20. The van der Waals surface area contributed by atoms with E-state index in [1.165, 1.54) is 0 Å². The number of hydrogen-bond acceptors (Lipinski definition) is 3. The third-order valence-electron chi connectivity index (χ3n) is 4.50. The Labute approximate surface area is 152 Å². The standard InChI is InChI=1S/C19H30N2O2.ClH/c1-14(2)13-23-18-6-4-16(5-7-18)12-19(22)21-10-8-17(9-11-21)15(3)20;/h4-7,14-15,17H,8-13,20H2,1-3H3;1H. The van der Waals surface area contributed by atoms with Gasteiger partial charge in [0.05, 0.1) is 13.0 Å². The van der Waals surface area contributed by atoms with Gasteiger partial charge in [-0.25, -0.2) is 0 Å². The van der Waals surface area contributed by atoms with Gasteiger partial charge in [0.25, 0.3) is 0 Å². The summed E-state index contributed by atoms with van der Waals surface area (Å²) in [5, 5.41) is 0. The second-order valence-corrected chi connectivity index (χ2v) is 7.10. The fourth-order valence-corrected chi connectivity index (χ4v) is 2.93. The molecular formula is C19H31ClN2O2. The molecule has 2 N–H and O–H groups in total. The van der Waals surface area contributed by atoms with Crippen LogP contribution in [0, 0.1) is 11.8 Å². The molecule has 1 fully saturated rings. The maximum atomic E-state index is 12.4. The van der Waals surface area contributed by atoms with Crippen molar-refractivity contribution >= 4 is 18.3 Å². The first kappa shape index (κ1) is 20.8. The summed E-state index contributed by atoms with van der Waals surface area (Å²) in [4.78, 5) is 14.4. The lowest BCUT2D eigenvalue weighted by Crippen LogP contribution is -2.43. The largest absolute Gasteiger partial charge is 0.493 e. The molecule has 1 aromatic carbocycles. The number of amides is 1. The molecule has 1 amide bonds. The maximum absolute atomic E-state index is 12.4.